The van der Waals surface area contributed by atoms with E-state index in [1.54, 1.807) is 6.07 Å². The van der Waals surface area contributed by atoms with E-state index in [9.17, 15) is 13.2 Å². The molecule has 2 fully saturated rings. The van der Waals surface area contributed by atoms with Gasteiger partial charge in [0.25, 0.3) is 5.91 Å². The third kappa shape index (κ3) is 4.12. The van der Waals surface area contributed by atoms with Gasteiger partial charge in [0.15, 0.2) is 0 Å². The molecule has 8 heteroatoms. The second-order valence-electron chi connectivity index (χ2n) is 5.88. The maximum Gasteiger partial charge on any atom is 0.261 e. The van der Waals surface area contributed by atoms with E-state index in [0.717, 1.165) is 37.2 Å². The number of rotatable bonds is 6. The van der Waals surface area contributed by atoms with Crippen LogP contribution in [0.15, 0.2) is 12.1 Å². The lowest BCUT2D eigenvalue weighted by Gasteiger charge is -2.15. The molecular weight excluding hydrogens is 336 g/mol. The number of nitrogens with zero attached hydrogens (tertiary/aromatic N) is 1. The van der Waals surface area contributed by atoms with Gasteiger partial charge in [0, 0.05) is 31.1 Å². The molecule has 1 amide bonds. The van der Waals surface area contributed by atoms with E-state index in [-0.39, 0.29) is 24.3 Å². The van der Waals surface area contributed by atoms with Gasteiger partial charge in [0.2, 0.25) is 10.0 Å². The van der Waals surface area contributed by atoms with Crippen molar-refractivity contribution in [2.24, 2.45) is 0 Å². The van der Waals surface area contributed by atoms with Crippen molar-refractivity contribution >= 4 is 27.3 Å². The van der Waals surface area contributed by atoms with Crippen LogP contribution in [0.25, 0.3) is 0 Å². The Morgan fingerprint density at radius 2 is 2.09 bits per heavy atom. The SMILES string of the molecule is O=C(NCCS(=O)(=O)N1CCCC1)c1ccc([C@@H]2CCCO2)s1. The van der Waals surface area contributed by atoms with Crippen molar-refractivity contribution in [3.8, 4) is 0 Å². The van der Waals surface area contributed by atoms with Gasteiger partial charge >= 0.3 is 0 Å². The summed E-state index contributed by atoms with van der Waals surface area (Å²) in [5.74, 6) is -0.251. The molecule has 2 saturated heterocycles. The molecule has 1 atom stereocenters. The lowest BCUT2D eigenvalue weighted by Crippen LogP contribution is -2.36. The highest BCUT2D eigenvalue weighted by molar-refractivity contribution is 7.89. The van der Waals surface area contributed by atoms with Crippen molar-refractivity contribution in [3.05, 3.63) is 21.9 Å². The zero-order valence-electron chi connectivity index (χ0n) is 13.0. The van der Waals surface area contributed by atoms with E-state index < -0.39 is 10.0 Å². The van der Waals surface area contributed by atoms with Gasteiger partial charge in [-0.3, -0.25) is 4.79 Å². The number of hydrogen-bond donors (Lipinski definition) is 1. The minimum atomic E-state index is -3.24. The lowest BCUT2D eigenvalue weighted by atomic mass is 10.2. The zero-order valence-corrected chi connectivity index (χ0v) is 14.6. The Bertz CT molecular complexity index is 644. The van der Waals surface area contributed by atoms with Crippen molar-refractivity contribution in [3.63, 3.8) is 0 Å². The second kappa shape index (κ2) is 7.29. The van der Waals surface area contributed by atoms with Crippen LogP contribution in [0.4, 0.5) is 0 Å². The summed E-state index contributed by atoms with van der Waals surface area (Å²) in [5.41, 5.74) is 0. The Labute approximate surface area is 140 Å². The molecule has 0 saturated carbocycles. The zero-order chi connectivity index (χ0) is 16.3. The summed E-state index contributed by atoms with van der Waals surface area (Å²) in [7, 11) is -3.24. The Balaban J connectivity index is 1.49. The first kappa shape index (κ1) is 16.9. The molecule has 2 aliphatic rings. The molecule has 3 heterocycles. The quantitative estimate of drug-likeness (QED) is 0.841. The Morgan fingerprint density at radius 3 is 2.78 bits per heavy atom. The Hall–Kier alpha value is -0.960. The summed E-state index contributed by atoms with van der Waals surface area (Å²) in [6.07, 6.45) is 4.00. The largest absolute Gasteiger partial charge is 0.373 e. The Kier molecular flexibility index (Phi) is 5.35. The summed E-state index contributed by atoms with van der Waals surface area (Å²) in [4.78, 5) is 13.8. The van der Waals surface area contributed by atoms with E-state index in [4.69, 9.17) is 4.74 Å². The van der Waals surface area contributed by atoms with Gasteiger partial charge in [0.1, 0.15) is 0 Å². The molecule has 1 aromatic heterocycles. The minimum absolute atomic E-state index is 0.0390. The number of ether oxygens (including phenoxy) is 1. The van der Waals surface area contributed by atoms with Crippen LogP contribution in [0, 0.1) is 0 Å². The van der Waals surface area contributed by atoms with Crippen molar-refractivity contribution in [2.45, 2.75) is 31.8 Å². The first-order chi connectivity index (χ1) is 11.1. The summed E-state index contributed by atoms with van der Waals surface area (Å²) in [6.45, 7) is 2.13. The van der Waals surface area contributed by atoms with Crippen molar-refractivity contribution in [1.29, 1.82) is 0 Å². The van der Waals surface area contributed by atoms with E-state index in [1.165, 1.54) is 15.6 Å². The number of carbonyl (C=O) groups is 1. The number of amides is 1. The normalized spacial score (nSPS) is 22.5. The topological polar surface area (TPSA) is 75.7 Å². The van der Waals surface area contributed by atoms with Crippen LogP contribution in [0.3, 0.4) is 0 Å². The van der Waals surface area contributed by atoms with E-state index in [1.807, 2.05) is 6.07 Å². The van der Waals surface area contributed by atoms with Crippen LogP contribution in [-0.2, 0) is 14.8 Å². The maximum atomic E-state index is 12.1. The molecule has 0 radical (unpaired) electrons. The van der Waals surface area contributed by atoms with Crippen LogP contribution in [0.5, 0.6) is 0 Å². The standard InChI is InChI=1S/C15H22N2O4S2/c18-15(14-6-5-13(22-14)12-4-3-10-21-12)16-7-11-23(19,20)17-8-1-2-9-17/h5-6,12H,1-4,7-11H2,(H,16,18)/t12-/m0/s1. The first-order valence-electron chi connectivity index (χ1n) is 8.03. The average Bonchev–Trinajstić information content (AvgIpc) is 3.26. The van der Waals surface area contributed by atoms with Gasteiger partial charge in [-0.15, -0.1) is 11.3 Å². The van der Waals surface area contributed by atoms with Gasteiger partial charge in [-0.25, -0.2) is 12.7 Å². The predicted molar refractivity (Wildman–Crippen MR) is 89.2 cm³/mol. The third-order valence-electron chi connectivity index (χ3n) is 4.20. The fourth-order valence-electron chi connectivity index (χ4n) is 2.93. The van der Waals surface area contributed by atoms with Crippen molar-refractivity contribution < 1.29 is 17.9 Å². The van der Waals surface area contributed by atoms with E-state index in [2.05, 4.69) is 5.32 Å². The van der Waals surface area contributed by atoms with E-state index >= 15 is 0 Å². The predicted octanol–water partition coefficient (Wildman–Crippen LogP) is 1.75. The molecule has 0 bridgehead atoms. The van der Waals surface area contributed by atoms with E-state index in [0.29, 0.717) is 18.0 Å². The number of nitrogens with one attached hydrogen (secondary N) is 1. The molecule has 1 aromatic rings. The number of hydrogen-bond acceptors (Lipinski definition) is 5. The first-order valence-corrected chi connectivity index (χ1v) is 10.5. The monoisotopic (exact) mass is 358 g/mol. The van der Waals surface area contributed by atoms with Gasteiger partial charge in [-0.1, -0.05) is 0 Å². The Morgan fingerprint density at radius 1 is 1.30 bits per heavy atom. The van der Waals surface area contributed by atoms with Gasteiger partial charge in [-0.05, 0) is 37.8 Å². The van der Waals surface area contributed by atoms with Gasteiger partial charge < -0.3 is 10.1 Å². The smallest absolute Gasteiger partial charge is 0.261 e. The fraction of sp³-hybridized carbons (Fsp3) is 0.667. The number of sulfonamides is 1. The van der Waals surface area contributed by atoms with Crippen molar-refractivity contribution in [1.82, 2.24) is 9.62 Å². The van der Waals surface area contributed by atoms with Crippen LogP contribution in [0.1, 0.15) is 46.3 Å². The third-order valence-corrected chi connectivity index (χ3v) is 7.25. The molecule has 0 unspecified atom stereocenters. The van der Waals surface area contributed by atoms with Crippen molar-refractivity contribution in [2.75, 3.05) is 32.0 Å². The van der Waals surface area contributed by atoms with Gasteiger partial charge in [0.05, 0.1) is 16.7 Å². The highest BCUT2D eigenvalue weighted by atomic mass is 32.2. The van der Waals surface area contributed by atoms with Crippen LogP contribution < -0.4 is 5.32 Å². The highest BCUT2D eigenvalue weighted by Gasteiger charge is 2.25. The lowest BCUT2D eigenvalue weighted by molar-refractivity contribution is 0.0960. The fourth-order valence-corrected chi connectivity index (χ4v) is 5.37. The summed E-state index contributed by atoms with van der Waals surface area (Å²) in [6, 6.07) is 3.71. The second-order valence-corrected chi connectivity index (χ2v) is 9.09. The van der Waals surface area contributed by atoms with Gasteiger partial charge in [-0.2, -0.15) is 0 Å². The number of thiophene rings is 1. The maximum absolute atomic E-state index is 12.1. The molecule has 3 rings (SSSR count). The van der Waals surface area contributed by atoms with Crippen LogP contribution in [-0.4, -0.2) is 50.6 Å². The molecule has 23 heavy (non-hydrogen) atoms. The molecule has 1 N–H and O–H groups in total. The van der Waals surface area contributed by atoms with Crippen LogP contribution in [0.2, 0.25) is 0 Å². The molecule has 0 aromatic carbocycles. The molecule has 128 valence electrons. The highest BCUT2D eigenvalue weighted by Crippen LogP contribution is 2.33. The minimum Gasteiger partial charge on any atom is -0.373 e. The molecule has 0 aliphatic carbocycles. The molecule has 6 nitrogen and oxygen atoms in total. The molecule has 0 spiro atoms. The average molecular weight is 358 g/mol. The molecule has 2 aliphatic heterocycles. The summed E-state index contributed by atoms with van der Waals surface area (Å²) in [5, 5.41) is 2.71. The molecular formula is C15H22N2O4S2. The summed E-state index contributed by atoms with van der Waals surface area (Å²) >= 11 is 1.42. The van der Waals surface area contributed by atoms with Crippen LogP contribution >= 0.6 is 11.3 Å². The summed E-state index contributed by atoms with van der Waals surface area (Å²) < 4.78 is 31.3. The number of carbonyl (C=O) groups excluding carboxylic acids is 1.